The van der Waals surface area contributed by atoms with E-state index in [2.05, 4.69) is 10.1 Å². The summed E-state index contributed by atoms with van der Waals surface area (Å²) in [5.41, 5.74) is 0.455. The minimum absolute atomic E-state index is 0.00863. The van der Waals surface area contributed by atoms with Crippen molar-refractivity contribution >= 4 is 51.5 Å². The van der Waals surface area contributed by atoms with E-state index in [1.807, 2.05) is 23.6 Å². The number of rotatable bonds is 4. The van der Waals surface area contributed by atoms with Crippen molar-refractivity contribution in [2.24, 2.45) is 0 Å². The minimum atomic E-state index is -0.461. The molecule has 0 aliphatic rings. The second-order valence-electron chi connectivity index (χ2n) is 5.28. The lowest BCUT2D eigenvalue weighted by molar-refractivity contribution is -0.384. The van der Waals surface area contributed by atoms with Crippen LogP contribution in [0.5, 0.6) is 0 Å². The molecule has 0 N–H and O–H groups in total. The third kappa shape index (κ3) is 3.17. The standard InChI is InChI=1S/C17H10N4O3S2/c22-16-14(10-11-3-5-12(6-4-11)21(23)24)26-17-18-15(19-20(16)17)8-7-13-2-1-9-25-13/h1-10H. The molecule has 4 rings (SSSR count). The summed E-state index contributed by atoms with van der Waals surface area (Å²) >= 11 is 2.83. The van der Waals surface area contributed by atoms with Gasteiger partial charge in [-0.15, -0.1) is 16.4 Å². The van der Waals surface area contributed by atoms with E-state index in [1.54, 1.807) is 35.6 Å². The van der Waals surface area contributed by atoms with Crippen LogP contribution < -0.4 is 10.1 Å². The predicted molar refractivity (Wildman–Crippen MR) is 102 cm³/mol. The molecule has 0 bridgehead atoms. The number of non-ortho nitro benzene ring substituents is 1. The van der Waals surface area contributed by atoms with Crippen molar-refractivity contribution in [1.82, 2.24) is 14.6 Å². The molecule has 0 fully saturated rings. The van der Waals surface area contributed by atoms with Crippen LogP contribution >= 0.6 is 22.7 Å². The lowest BCUT2D eigenvalue weighted by Gasteiger charge is -1.92. The fraction of sp³-hybridized carbons (Fsp3) is 0. The fourth-order valence-corrected chi connectivity index (χ4v) is 3.84. The highest BCUT2D eigenvalue weighted by molar-refractivity contribution is 7.15. The Labute approximate surface area is 154 Å². The second kappa shape index (κ2) is 6.62. The first-order chi connectivity index (χ1) is 12.6. The molecular weight excluding hydrogens is 372 g/mol. The van der Waals surface area contributed by atoms with Crippen molar-refractivity contribution in [3.63, 3.8) is 0 Å². The first-order valence-corrected chi connectivity index (χ1v) is 9.17. The molecule has 0 spiro atoms. The van der Waals surface area contributed by atoms with E-state index in [0.717, 1.165) is 4.88 Å². The molecule has 0 aliphatic heterocycles. The van der Waals surface area contributed by atoms with Crippen LogP contribution in [0.15, 0.2) is 46.6 Å². The monoisotopic (exact) mass is 382 g/mol. The quantitative estimate of drug-likeness (QED) is 0.400. The Bertz CT molecular complexity index is 1220. The number of nitro benzene ring substituents is 1. The molecule has 7 nitrogen and oxygen atoms in total. The van der Waals surface area contributed by atoms with Gasteiger partial charge in [0.1, 0.15) is 0 Å². The van der Waals surface area contributed by atoms with Gasteiger partial charge in [0.15, 0.2) is 5.82 Å². The summed E-state index contributed by atoms with van der Waals surface area (Å²) in [4.78, 5) is 28.6. The zero-order valence-corrected chi connectivity index (χ0v) is 14.7. The van der Waals surface area contributed by atoms with Crippen LogP contribution in [0, 0.1) is 10.1 Å². The highest BCUT2D eigenvalue weighted by Crippen LogP contribution is 2.14. The summed E-state index contributed by atoms with van der Waals surface area (Å²) in [7, 11) is 0. The third-order valence-corrected chi connectivity index (χ3v) is 5.34. The van der Waals surface area contributed by atoms with Gasteiger partial charge in [-0.05, 0) is 47.4 Å². The average Bonchev–Trinajstić information content (AvgIpc) is 3.33. The maximum atomic E-state index is 12.5. The van der Waals surface area contributed by atoms with E-state index in [1.165, 1.54) is 28.0 Å². The van der Waals surface area contributed by atoms with Gasteiger partial charge in [-0.3, -0.25) is 14.9 Å². The first kappa shape index (κ1) is 16.3. The number of aromatic nitrogens is 3. The van der Waals surface area contributed by atoms with Crippen molar-refractivity contribution in [3.05, 3.63) is 83.0 Å². The number of benzene rings is 1. The zero-order valence-electron chi connectivity index (χ0n) is 13.1. The molecule has 1 aromatic carbocycles. The van der Waals surface area contributed by atoms with Gasteiger partial charge in [0.25, 0.3) is 11.2 Å². The van der Waals surface area contributed by atoms with Crippen LogP contribution in [0.1, 0.15) is 16.3 Å². The molecular formula is C17H10N4O3S2. The number of hydrogen-bond donors (Lipinski definition) is 0. The maximum Gasteiger partial charge on any atom is 0.291 e. The summed E-state index contributed by atoms with van der Waals surface area (Å²) in [5, 5.41) is 16.9. The van der Waals surface area contributed by atoms with Crippen molar-refractivity contribution in [2.45, 2.75) is 0 Å². The van der Waals surface area contributed by atoms with Crippen LogP contribution in [-0.2, 0) is 0 Å². The topological polar surface area (TPSA) is 90.4 Å². The highest BCUT2D eigenvalue weighted by atomic mass is 32.1. The predicted octanol–water partition coefficient (Wildman–Crippen LogP) is 2.84. The third-order valence-electron chi connectivity index (χ3n) is 3.54. The largest absolute Gasteiger partial charge is 0.291 e. The van der Waals surface area contributed by atoms with Crippen molar-refractivity contribution in [1.29, 1.82) is 0 Å². The van der Waals surface area contributed by atoms with Gasteiger partial charge >= 0.3 is 0 Å². The molecule has 0 amide bonds. The minimum Gasteiger partial charge on any atom is -0.266 e. The van der Waals surface area contributed by atoms with E-state index < -0.39 is 4.92 Å². The van der Waals surface area contributed by atoms with Crippen LogP contribution in [0.25, 0.3) is 23.2 Å². The molecule has 9 heteroatoms. The Morgan fingerprint density at radius 1 is 1.15 bits per heavy atom. The van der Waals surface area contributed by atoms with E-state index in [9.17, 15) is 14.9 Å². The fourth-order valence-electron chi connectivity index (χ4n) is 2.31. The smallest absolute Gasteiger partial charge is 0.266 e. The van der Waals surface area contributed by atoms with E-state index in [0.29, 0.717) is 20.9 Å². The lowest BCUT2D eigenvalue weighted by Crippen LogP contribution is -2.23. The zero-order chi connectivity index (χ0) is 18.1. The summed E-state index contributed by atoms with van der Waals surface area (Å²) in [6.45, 7) is 0. The van der Waals surface area contributed by atoms with Crippen molar-refractivity contribution in [2.75, 3.05) is 0 Å². The molecule has 3 aromatic heterocycles. The van der Waals surface area contributed by atoms with Crippen molar-refractivity contribution < 1.29 is 4.92 Å². The Morgan fingerprint density at radius 3 is 2.62 bits per heavy atom. The van der Waals surface area contributed by atoms with Crippen molar-refractivity contribution in [3.8, 4) is 0 Å². The summed E-state index contributed by atoms with van der Waals surface area (Å²) in [6.07, 6.45) is 5.34. The van der Waals surface area contributed by atoms with Gasteiger partial charge in [0.2, 0.25) is 4.96 Å². The maximum absolute atomic E-state index is 12.5. The molecule has 0 aliphatic carbocycles. The van der Waals surface area contributed by atoms with E-state index in [4.69, 9.17) is 0 Å². The van der Waals surface area contributed by atoms with Gasteiger partial charge in [-0.1, -0.05) is 17.4 Å². The molecule has 128 valence electrons. The molecule has 0 radical (unpaired) electrons. The number of fused-ring (bicyclic) bond motifs is 1. The molecule has 3 heterocycles. The Morgan fingerprint density at radius 2 is 1.96 bits per heavy atom. The molecule has 0 unspecified atom stereocenters. The van der Waals surface area contributed by atoms with Crippen LogP contribution in [0.2, 0.25) is 0 Å². The average molecular weight is 382 g/mol. The summed E-state index contributed by atoms with van der Waals surface area (Å²) in [5.74, 6) is 0.476. The summed E-state index contributed by atoms with van der Waals surface area (Å²) in [6, 6.07) is 9.95. The number of nitro groups is 1. The summed E-state index contributed by atoms with van der Waals surface area (Å²) < 4.78 is 1.75. The lowest BCUT2D eigenvalue weighted by atomic mass is 10.2. The van der Waals surface area contributed by atoms with Gasteiger partial charge < -0.3 is 0 Å². The molecule has 0 atom stereocenters. The Hall–Kier alpha value is -3.17. The highest BCUT2D eigenvalue weighted by Gasteiger charge is 2.09. The molecule has 26 heavy (non-hydrogen) atoms. The second-order valence-corrected chi connectivity index (χ2v) is 7.27. The normalized spacial score (nSPS) is 12.4. The Kier molecular flexibility index (Phi) is 4.15. The molecule has 4 aromatic rings. The molecule has 0 saturated heterocycles. The van der Waals surface area contributed by atoms with Crippen LogP contribution in [-0.4, -0.2) is 19.5 Å². The van der Waals surface area contributed by atoms with Crippen LogP contribution in [0.4, 0.5) is 5.69 Å². The van der Waals surface area contributed by atoms with Gasteiger partial charge in [-0.2, -0.15) is 9.50 Å². The van der Waals surface area contributed by atoms with E-state index >= 15 is 0 Å². The number of thiophene rings is 1. The molecule has 0 saturated carbocycles. The number of hydrogen-bond acceptors (Lipinski definition) is 7. The number of nitrogens with zero attached hydrogens (tertiary/aromatic N) is 4. The Balaban J connectivity index is 1.67. The van der Waals surface area contributed by atoms with Gasteiger partial charge in [0.05, 0.1) is 9.46 Å². The first-order valence-electron chi connectivity index (χ1n) is 7.47. The van der Waals surface area contributed by atoms with Crippen LogP contribution in [0.3, 0.4) is 0 Å². The van der Waals surface area contributed by atoms with E-state index in [-0.39, 0.29) is 11.2 Å². The SMILES string of the molecule is O=c1c(=Cc2ccc([N+](=O)[O-])cc2)sc2nc(C=Cc3cccs3)nn12. The van der Waals surface area contributed by atoms with Gasteiger partial charge in [0, 0.05) is 17.0 Å². The van der Waals surface area contributed by atoms with Gasteiger partial charge in [-0.25, -0.2) is 0 Å². The number of thiazole rings is 1.